The molecule has 0 saturated heterocycles. The number of benzene rings is 3. The minimum absolute atomic E-state index is 0.133. The highest BCUT2D eigenvalue weighted by Crippen LogP contribution is 2.24. The Kier molecular flexibility index (Phi) is 7.61. The molecule has 0 spiro atoms. The summed E-state index contributed by atoms with van der Waals surface area (Å²) < 4.78 is 5.51. The van der Waals surface area contributed by atoms with E-state index in [1.807, 2.05) is 79.7 Å². The first-order valence-corrected chi connectivity index (χ1v) is 10.1. The van der Waals surface area contributed by atoms with Crippen molar-refractivity contribution in [1.82, 2.24) is 10.6 Å². The zero-order valence-electron chi connectivity index (χ0n) is 17.0. The van der Waals surface area contributed by atoms with Gasteiger partial charge < -0.3 is 15.4 Å². The van der Waals surface area contributed by atoms with Crippen molar-refractivity contribution in [2.45, 2.75) is 19.4 Å². The van der Waals surface area contributed by atoms with Crippen LogP contribution in [0.4, 0.5) is 0 Å². The quantitative estimate of drug-likeness (QED) is 0.566. The van der Waals surface area contributed by atoms with Crippen LogP contribution in [0.5, 0.6) is 5.75 Å². The van der Waals surface area contributed by atoms with Gasteiger partial charge in [-0.05, 0) is 42.3 Å². The topological polar surface area (TPSA) is 67.4 Å². The standard InChI is InChI=1S/C25H26N2O3/c1-2-30-22-15-13-20(14-16-22)24(19-9-5-3-6-10-19)27-23(28)17-18-26-25(29)21-11-7-4-8-12-21/h3-16,24H,2,17-18H2,1H3,(H,26,29)(H,27,28)/t24-/m1/s1. The van der Waals surface area contributed by atoms with E-state index in [9.17, 15) is 9.59 Å². The molecule has 3 rings (SSSR count). The van der Waals surface area contributed by atoms with Gasteiger partial charge in [0.25, 0.3) is 5.91 Å². The Bertz CT molecular complexity index is 941. The molecule has 0 unspecified atom stereocenters. The highest BCUT2D eigenvalue weighted by molar-refractivity contribution is 5.94. The van der Waals surface area contributed by atoms with Gasteiger partial charge in [0.2, 0.25) is 5.91 Å². The van der Waals surface area contributed by atoms with Crippen molar-refractivity contribution in [3.8, 4) is 5.75 Å². The monoisotopic (exact) mass is 402 g/mol. The van der Waals surface area contributed by atoms with Crippen molar-refractivity contribution in [3.05, 3.63) is 102 Å². The van der Waals surface area contributed by atoms with Crippen LogP contribution in [0, 0.1) is 0 Å². The van der Waals surface area contributed by atoms with Gasteiger partial charge >= 0.3 is 0 Å². The highest BCUT2D eigenvalue weighted by Gasteiger charge is 2.17. The van der Waals surface area contributed by atoms with Crippen LogP contribution in [0.25, 0.3) is 0 Å². The Balaban J connectivity index is 1.63. The molecule has 154 valence electrons. The number of ether oxygens (including phenoxy) is 1. The van der Waals surface area contributed by atoms with Crippen LogP contribution in [0.1, 0.15) is 40.9 Å². The van der Waals surface area contributed by atoms with E-state index in [0.29, 0.717) is 12.2 Å². The lowest BCUT2D eigenvalue weighted by Crippen LogP contribution is -2.33. The molecule has 0 aliphatic rings. The molecule has 0 fully saturated rings. The first-order valence-electron chi connectivity index (χ1n) is 10.1. The second-order valence-corrected chi connectivity index (χ2v) is 6.79. The third kappa shape index (κ3) is 5.95. The lowest BCUT2D eigenvalue weighted by atomic mass is 9.98. The summed E-state index contributed by atoms with van der Waals surface area (Å²) in [6.45, 7) is 2.81. The fraction of sp³-hybridized carbons (Fsp3) is 0.200. The van der Waals surface area contributed by atoms with Crippen LogP contribution in [-0.2, 0) is 4.79 Å². The third-order valence-electron chi connectivity index (χ3n) is 4.64. The molecule has 3 aromatic rings. The molecule has 5 heteroatoms. The smallest absolute Gasteiger partial charge is 0.251 e. The van der Waals surface area contributed by atoms with Gasteiger partial charge in [0, 0.05) is 18.5 Å². The molecule has 0 heterocycles. The third-order valence-corrected chi connectivity index (χ3v) is 4.64. The summed E-state index contributed by atoms with van der Waals surface area (Å²) in [7, 11) is 0. The molecular weight excluding hydrogens is 376 g/mol. The van der Waals surface area contributed by atoms with Crippen molar-refractivity contribution < 1.29 is 14.3 Å². The molecule has 2 amide bonds. The van der Waals surface area contributed by atoms with E-state index in [1.165, 1.54) is 0 Å². The zero-order valence-corrected chi connectivity index (χ0v) is 17.0. The number of carbonyl (C=O) groups is 2. The summed E-state index contributed by atoms with van der Waals surface area (Å²) in [6, 6.07) is 26.2. The molecule has 3 aromatic carbocycles. The number of rotatable bonds is 9. The number of hydrogen-bond donors (Lipinski definition) is 2. The molecule has 0 aromatic heterocycles. The Morgan fingerprint density at radius 2 is 1.43 bits per heavy atom. The second kappa shape index (κ2) is 10.8. The molecule has 2 N–H and O–H groups in total. The molecule has 0 saturated carbocycles. The number of amides is 2. The molecule has 5 nitrogen and oxygen atoms in total. The van der Waals surface area contributed by atoms with Crippen molar-refractivity contribution in [2.75, 3.05) is 13.2 Å². The number of hydrogen-bond acceptors (Lipinski definition) is 3. The predicted molar refractivity (Wildman–Crippen MR) is 117 cm³/mol. The Labute approximate surface area is 177 Å². The number of carbonyl (C=O) groups excluding carboxylic acids is 2. The average Bonchev–Trinajstić information content (AvgIpc) is 2.79. The maximum atomic E-state index is 12.6. The normalized spacial score (nSPS) is 11.4. The maximum absolute atomic E-state index is 12.6. The van der Waals surface area contributed by atoms with E-state index in [0.717, 1.165) is 16.9 Å². The van der Waals surface area contributed by atoms with Crippen molar-refractivity contribution >= 4 is 11.8 Å². The van der Waals surface area contributed by atoms with Gasteiger partial charge in [0.05, 0.1) is 12.6 Å². The fourth-order valence-corrected chi connectivity index (χ4v) is 3.14. The van der Waals surface area contributed by atoms with Crippen LogP contribution < -0.4 is 15.4 Å². The van der Waals surface area contributed by atoms with Crippen molar-refractivity contribution in [2.24, 2.45) is 0 Å². The lowest BCUT2D eigenvalue weighted by Gasteiger charge is -2.20. The summed E-state index contributed by atoms with van der Waals surface area (Å²) in [6.07, 6.45) is 0.193. The summed E-state index contributed by atoms with van der Waals surface area (Å²) >= 11 is 0. The van der Waals surface area contributed by atoms with E-state index in [-0.39, 0.29) is 30.8 Å². The Hall–Kier alpha value is -3.60. The van der Waals surface area contributed by atoms with Crippen LogP contribution in [0.2, 0.25) is 0 Å². The van der Waals surface area contributed by atoms with Crippen LogP contribution in [-0.4, -0.2) is 25.0 Å². The molecule has 0 radical (unpaired) electrons. The zero-order chi connectivity index (χ0) is 21.2. The minimum Gasteiger partial charge on any atom is -0.494 e. The van der Waals surface area contributed by atoms with Gasteiger partial charge in [-0.3, -0.25) is 9.59 Å². The lowest BCUT2D eigenvalue weighted by molar-refractivity contribution is -0.121. The van der Waals surface area contributed by atoms with E-state index < -0.39 is 0 Å². The second-order valence-electron chi connectivity index (χ2n) is 6.79. The van der Waals surface area contributed by atoms with E-state index in [4.69, 9.17) is 4.74 Å². The molecule has 0 aliphatic heterocycles. The Morgan fingerprint density at radius 3 is 2.07 bits per heavy atom. The average molecular weight is 402 g/mol. The van der Waals surface area contributed by atoms with E-state index in [2.05, 4.69) is 10.6 Å². The van der Waals surface area contributed by atoms with Crippen molar-refractivity contribution in [1.29, 1.82) is 0 Å². The van der Waals surface area contributed by atoms with E-state index in [1.54, 1.807) is 12.1 Å². The molecule has 30 heavy (non-hydrogen) atoms. The fourth-order valence-electron chi connectivity index (χ4n) is 3.14. The number of nitrogens with one attached hydrogen (secondary N) is 2. The summed E-state index contributed by atoms with van der Waals surface area (Å²) in [5.74, 6) is 0.476. The maximum Gasteiger partial charge on any atom is 0.251 e. The van der Waals surface area contributed by atoms with Crippen LogP contribution in [0.3, 0.4) is 0 Å². The summed E-state index contributed by atoms with van der Waals surface area (Å²) in [4.78, 5) is 24.7. The van der Waals surface area contributed by atoms with Gasteiger partial charge in [-0.1, -0.05) is 60.7 Å². The van der Waals surface area contributed by atoms with Gasteiger partial charge in [0.1, 0.15) is 5.75 Å². The first-order chi connectivity index (χ1) is 14.7. The first kappa shape index (κ1) is 21.1. The van der Waals surface area contributed by atoms with Crippen LogP contribution >= 0.6 is 0 Å². The van der Waals surface area contributed by atoms with Gasteiger partial charge in [-0.15, -0.1) is 0 Å². The van der Waals surface area contributed by atoms with Crippen LogP contribution in [0.15, 0.2) is 84.9 Å². The largest absolute Gasteiger partial charge is 0.494 e. The SMILES string of the molecule is CCOc1ccc([C@H](NC(=O)CCNC(=O)c2ccccc2)c2ccccc2)cc1. The van der Waals surface area contributed by atoms with Crippen molar-refractivity contribution in [3.63, 3.8) is 0 Å². The molecule has 1 atom stereocenters. The highest BCUT2D eigenvalue weighted by atomic mass is 16.5. The minimum atomic E-state index is -0.279. The van der Waals surface area contributed by atoms with E-state index >= 15 is 0 Å². The Morgan fingerprint density at radius 1 is 0.833 bits per heavy atom. The molecule has 0 aliphatic carbocycles. The summed E-state index contributed by atoms with van der Waals surface area (Å²) in [5.41, 5.74) is 2.53. The summed E-state index contributed by atoms with van der Waals surface area (Å²) in [5, 5.41) is 5.87. The van der Waals surface area contributed by atoms with Gasteiger partial charge in [-0.2, -0.15) is 0 Å². The molecular formula is C25H26N2O3. The predicted octanol–water partition coefficient (Wildman–Crippen LogP) is 4.11. The molecule has 0 bridgehead atoms. The van der Waals surface area contributed by atoms with Gasteiger partial charge in [-0.25, -0.2) is 0 Å². The van der Waals surface area contributed by atoms with Gasteiger partial charge in [0.15, 0.2) is 0 Å².